The van der Waals surface area contributed by atoms with Crippen LogP contribution in [0.1, 0.15) is 23.4 Å². The lowest BCUT2D eigenvalue weighted by Crippen LogP contribution is -2.12. The predicted octanol–water partition coefficient (Wildman–Crippen LogP) is 5.33. The third kappa shape index (κ3) is 4.18. The number of amides is 1. The highest BCUT2D eigenvalue weighted by atomic mass is 79.9. The lowest BCUT2D eigenvalue weighted by molar-refractivity contribution is -0.116. The Morgan fingerprint density at radius 1 is 1.26 bits per heavy atom. The molecule has 3 aromatic rings. The van der Waals surface area contributed by atoms with Crippen molar-refractivity contribution in [3.05, 3.63) is 57.5 Å². The number of fused-ring (bicyclic) bond motifs is 1. The molecule has 0 spiro atoms. The van der Waals surface area contributed by atoms with E-state index in [9.17, 15) is 4.79 Å². The van der Waals surface area contributed by atoms with Gasteiger partial charge in [-0.2, -0.15) is 0 Å². The Morgan fingerprint density at radius 3 is 2.87 bits per heavy atom. The molecule has 1 amide bonds. The number of anilines is 1. The molecule has 0 radical (unpaired) electrons. The summed E-state index contributed by atoms with van der Waals surface area (Å²) in [7, 11) is 0. The van der Waals surface area contributed by atoms with E-state index in [1.165, 1.54) is 4.70 Å². The van der Waals surface area contributed by atoms with Crippen molar-refractivity contribution in [1.82, 2.24) is 4.98 Å². The van der Waals surface area contributed by atoms with Gasteiger partial charge in [-0.3, -0.25) is 4.79 Å². The lowest BCUT2D eigenvalue weighted by Gasteiger charge is -2.08. The van der Waals surface area contributed by atoms with Crippen LogP contribution < -0.4 is 5.32 Å². The van der Waals surface area contributed by atoms with Crippen LogP contribution in [0.3, 0.4) is 0 Å². The van der Waals surface area contributed by atoms with Crippen LogP contribution in [0.4, 0.5) is 5.69 Å². The Labute approximate surface area is 147 Å². The molecule has 3 nitrogen and oxygen atoms in total. The number of para-hydroxylation sites is 1. The minimum atomic E-state index is 0.0523. The van der Waals surface area contributed by atoms with Crippen LogP contribution in [-0.4, -0.2) is 10.9 Å². The first kappa shape index (κ1) is 16.1. The van der Waals surface area contributed by atoms with E-state index >= 15 is 0 Å². The largest absolute Gasteiger partial charge is 0.326 e. The summed E-state index contributed by atoms with van der Waals surface area (Å²) in [6, 6.07) is 14.0. The van der Waals surface area contributed by atoms with Gasteiger partial charge in [0.2, 0.25) is 5.91 Å². The van der Waals surface area contributed by atoms with Gasteiger partial charge in [-0.05, 0) is 55.7 Å². The average Bonchev–Trinajstić information content (AvgIpc) is 2.93. The maximum Gasteiger partial charge on any atom is 0.224 e. The number of hydrogen-bond donors (Lipinski definition) is 1. The topological polar surface area (TPSA) is 42.0 Å². The number of nitrogens with one attached hydrogen (secondary N) is 1. The molecule has 118 valence electrons. The van der Waals surface area contributed by atoms with E-state index in [1.54, 1.807) is 11.3 Å². The second kappa shape index (κ2) is 7.23. The van der Waals surface area contributed by atoms with Crippen LogP contribution >= 0.6 is 27.3 Å². The van der Waals surface area contributed by atoms with E-state index in [1.807, 2.05) is 43.3 Å². The third-order valence-corrected chi connectivity index (χ3v) is 5.18. The average molecular weight is 389 g/mol. The summed E-state index contributed by atoms with van der Waals surface area (Å²) in [5.41, 5.74) is 2.97. The van der Waals surface area contributed by atoms with E-state index in [-0.39, 0.29) is 5.91 Å². The first-order valence-corrected chi connectivity index (χ1v) is 9.13. The number of aryl methyl sites for hydroxylation is 2. The highest BCUT2D eigenvalue weighted by molar-refractivity contribution is 9.10. The smallest absolute Gasteiger partial charge is 0.224 e. The number of aromatic nitrogens is 1. The summed E-state index contributed by atoms with van der Waals surface area (Å²) in [4.78, 5) is 16.7. The number of rotatable bonds is 5. The molecule has 5 heteroatoms. The molecule has 0 atom stereocenters. The number of hydrogen-bond acceptors (Lipinski definition) is 3. The second-order valence-corrected chi connectivity index (χ2v) is 7.47. The fourth-order valence-corrected chi connectivity index (χ4v) is 3.89. The van der Waals surface area contributed by atoms with E-state index < -0.39 is 0 Å². The number of carbonyl (C=O) groups excluding carboxylic acids is 1. The molecule has 3 rings (SSSR count). The van der Waals surface area contributed by atoms with Gasteiger partial charge in [-0.25, -0.2) is 4.98 Å². The van der Waals surface area contributed by atoms with Gasteiger partial charge in [-0.1, -0.05) is 28.1 Å². The van der Waals surface area contributed by atoms with Gasteiger partial charge >= 0.3 is 0 Å². The zero-order valence-corrected chi connectivity index (χ0v) is 15.2. The number of benzene rings is 2. The van der Waals surface area contributed by atoms with Crippen LogP contribution in [0.15, 0.2) is 46.9 Å². The van der Waals surface area contributed by atoms with Gasteiger partial charge in [0.1, 0.15) is 0 Å². The van der Waals surface area contributed by atoms with Crippen molar-refractivity contribution in [2.24, 2.45) is 0 Å². The van der Waals surface area contributed by atoms with Crippen molar-refractivity contribution in [3.8, 4) is 0 Å². The molecular weight excluding hydrogens is 372 g/mol. The fourth-order valence-electron chi connectivity index (χ4n) is 2.41. The Morgan fingerprint density at radius 2 is 2.09 bits per heavy atom. The first-order chi connectivity index (χ1) is 11.1. The minimum Gasteiger partial charge on any atom is -0.326 e. The molecule has 0 aliphatic rings. The van der Waals surface area contributed by atoms with Gasteiger partial charge in [0, 0.05) is 16.6 Å². The third-order valence-electron chi connectivity index (χ3n) is 3.60. The highest BCUT2D eigenvalue weighted by Crippen LogP contribution is 2.23. The molecule has 23 heavy (non-hydrogen) atoms. The number of carbonyl (C=O) groups is 1. The number of thiazole rings is 1. The summed E-state index contributed by atoms with van der Waals surface area (Å²) in [5.74, 6) is 0.0523. The maximum atomic E-state index is 12.1. The summed E-state index contributed by atoms with van der Waals surface area (Å²) < 4.78 is 2.22. The Hall–Kier alpha value is -1.72. The van der Waals surface area contributed by atoms with Gasteiger partial charge < -0.3 is 5.32 Å². The molecule has 0 bridgehead atoms. The first-order valence-electron chi connectivity index (χ1n) is 7.52. The molecule has 0 aliphatic carbocycles. The van der Waals surface area contributed by atoms with Crippen LogP contribution in [0, 0.1) is 6.92 Å². The summed E-state index contributed by atoms with van der Waals surface area (Å²) in [5, 5.41) is 4.07. The molecule has 0 fully saturated rings. The van der Waals surface area contributed by atoms with Gasteiger partial charge in [0.15, 0.2) is 0 Å². The normalized spacial score (nSPS) is 10.9. The van der Waals surface area contributed by atoms with Crippen LogP contribution in [0.25, 0.3) is 10.2 Å². The zero-order chi connectivity index (χ0) is 16.2. The minimum absolute atomic E-state index is 0.0523. The molecular formula is C18H17BrN2OS. The Balaban J connectivity index is 1.52. The maximum absolute atomic E-state index is 12.1. The van der Waals surface area contributed by atoms with E-state index in [0.29, 0.717) is 6.42 Å². The monoisotopic (exact) mass is 388 g/mol. The Kier molecular flexibility index (Phi) is 5.08. The standard InChI is InChI=1S/C18H17BrN2OS/c1-12-11-13(19)9-10-14(12)20-17(22)7-4-8-18-21-15-5-2-3-6-16(15)23-18/h2-3,5-6,9-11H,4,7-8H2,1H3,(H,20,22). The van der Waals surface area contributed by atoms with Crippen molar-refractivity contribution in [1.29, 1.82) is 0 Å². The SMILES string of the molecule is Cc1cc(Br)ccc1NC(=O)CCCc1nc2ccccc2s1. The molecule has 0 aliphatic heterocycles. The molecule has 2 aromatic carbocycles. The lowest BCUT2D eigenvalue weighted by atomic mass is 10.2. The molecule has 1 heterocycles. The number of nitrogens with zero attached hydrogens (tertiary/aromatic N) is 1. The summed E-state index contributed by atoms with van der Waals surface area (Å²) in [6.45, 7) is 1.99. The van der Waals surface area contributed by atoms with Gasteiger partial charge in [-0.15, -0.1) is 11.3 Å². The molecule has 1 N–H and O–H groups in total. The molecule has 0 saturated heterocycles. The van der Waals surface area contributed by atoms with E-state index in [4.69, 9.17) is 0 Å². The predicted molar refractivity (Wildman–Crippen MR) is 100 cm³/mol. The molecule has 1 aromatic heterocycles. The summed E-state index contributed by atoms with van der Waals surface area (Å²) in [6.07, 6.45) is 2.15. The van der Waals surface area contributed by atoms with Crippen molar-refractivity contribution in [3.63, 3.8) is 0 Å². The van der Waals surface area contributed by atoms with E-state index in [2.05, 4.69) is 32.3 Å². The van der Waals surface area contributed by atoms with Crippen molar-refractivity contribution < 1.29 is 4.79 Å². The highest BCUT2D eigenvalue weighted by Gasteiger charge is 2.07. The molecule has 0 saturated carbocycles. The van der Waals surface area contributed by atoms with Crippen molar-refractivity contribution >= 4 is 49.1 Å². The van der Waals surface area contributed by atoms with E-state index in [0.717, 1.165) is 39.1 Å². The quantitative estimate of drug-likeness (QED) is 0.641. The molecule has 0 unspecified atom stereocenters. The van der Waals surface area contributed by atoms with Gasteiger partial charge in [0.25, 0.3) is 0 Å². The zero-order valence-electron chi connectivity index (χ0n) is 12.8. The second-order valence-electron chi connectivity index (χ2n) is 5.44. The Bertz CT molecular complexity index is 811. The van der Waals surface area contributed by atoms with Crippen molar-refractivity contribution in [2.45, 2.75) is 26.2 Å². The van der Waals surface area contributed by atoms with Crippen LogP contribution in [-0.2, 0) is 11.2 Å². The summed E-state index contributed by atoms with van der Waals surface area (Å²) >= 11 is 5.14. The fraction of sp³-hybridized carbons (Fsp3) is 0.222. The van der Waals surface area contributed by atoms with Crippen LogP contribution in [0.2, 0.25) is 0 Å². The van der Waals surface area contributed by atoms with Crippen LogP contribution in [0.5, 0.6) is 0 Å². The van der Waals surface area contributed by atoms with Gasteiger partial charge in [0.05, 0.1) is 15.2 Å². The number of halogens is 1. The van der Waals surface area contributed by atoms with Crippen molar-refractivity contribution in [2.75, 3.05) is 5.32 Å².